The van der Waals surface area contributed by atoms with Crippen molar-refractivity contribution in [1.29, 1.82) is 0 Å². The lowest BCUT2D eigenvalue weighted by Gasteiger charge is -2.17. The number of nitrogens with zero attached hydrogens (tertiary/aromatic N) is 3. The molecule has 0 atom stereocenters. The van der Waals surface area contributed by atoms with Gasteiger partial charge in [-0.2, -0.15) is 0 Å². The topological polar surface area (TPSA) is 46.1 Å². The molecule has 0 saturated heterocycles. The number of carbonyl (C=O) groups excluding carboxylic acids is 1. The van der Waals surface area contributed by atoms with Crippen molar-refractivity contribution in [3.8, 4) is 11.3 Å². The van der Waals surface area contributed by atoms with Crippen LogP contribution in [0.25, 0.3) is 11.3 Å². The molecular weight excluding hydrogens is 322 g/mol. The molecule has 118 valence electrons. The maximum absolute atomic E-state index is 12.9. The third-order valence-electron chi connectivity index (χ3n) is 4.14. The van der Waals surface area contributed by atoms with Crippen LogP contribution in [0.2, 0.25) is 5.02 Å². The van der Waals surface area contributed by atoms with Crippen molar-refractivity contribution in [2.45, 2.75) is 6.42 Å². The van der Waals surface area contributed by atoms with Gasteiger partial charge in [-0.05, 0) is 36.2 Å². The summed E-state index contributed by atoms with van der Waals surface area (Å²) in [5, 5.41) is 0.632. The molecule has 5 heteroatoms. The summed E-state index contributed by atoms with van der Waals surface area (Å²) in [6.45, 7) is 0.675. The van der Waals surface area contributed by atoms with Gasteiger partial charge in [-0.15, -0.1) is 0 Å². The molecule has 0 N–H and O–H groups in total. The van der Waals surface area contributed by atoms with Crippen LogP contribution in [0, 0.1) is 0 Å². The number of halogens is 1. The van der Waals surface area contributed by atoms with Crippen LogP contribution in [-0.2, 0) is 6.42 Å². The molecule has 0 unspecified atom stereocenters. The zero-order chi connectivity index (χ0) is 16.5. The Morgan fingerprint density at radius 3 is 2.79 bits per heavy atom. The molecule has 0 radical (unpaired) electrons. The number of hydrogen-bond acceptors (Lipinski definition) is 3. The summed E-state index contributed by atoms with van der Waals surface area (Å²) >= 11 is 6.04. The second-order valence-corrected chi connectivity index (χ2v) is 6.07. The van der Waals surface area contributed by atoms with E-state index in [2.05, 4.69) is 16.0 Å². The summed E-state index contributed by atoms with van der Waals surface area (Å²) in [6.07, 6.45) is 2.29. The third kappa shape index (κ3) is 2.65. The molecule has 4 rings (SSSR count). The highest BCUT2D eigenvalue weighted by Gasteiger charge is 2.26. The number of amides is 1. The Morgan fingerprint density at radius 1 is 1.04 bits per heavy atom. The van der Waals surface area contributed by atoms with Crippen LogP contribution in [0.1, 0.15) is 16.1 Å². The van der Waals surface area contributed by atoms with Crippen molar-refractivity contribution in [3.63, 3.8) is 0 Å². The molecule has 0 aliphatic carbocycles. The third-order valence-corrected chi connectivity index (χ3v) is 4.37. The minimum absolute atomic E-state index is 0.106. The molecule has 1 aromatic heterocycles. The monoisotopic (exact) mass is 335 g/mol. The standard InChI is InChI=1S/C19H14ClN3O/c20-15-6-3-5-14(10-15)16-11-17(22-12-21-16)19(24)23-9-8-13-4-1-2-7-18(13)23/h1-7,10-12H,8-9H2. The lowest BCUT2D eigenvalue weighted by molar-refractivity contribution is 0.0984. The second kappa shape index (κ2) is 6.06. The number of aromatic nitrogens is 2. The van der Waals surface area contributed by atoms with Gasteiger partial charge in [-0.3, -0.25) is 4.79 Å². The van der Waals surface area contributed by atoms with Crippen LogP contribution in [-0.4, -0.2) is 22.4 Å². The number of fused-ring (bicyclic) bond motifs is 1. The van der Waals surface area contributed by atoms with E-state index < -0.39 is 0 Å². The Morgan fingerprint density at radius 2 is 1.92 bits per heavy atom. The molecular formula is C19H14ClN3O. The minimum atomic E-state index is -0.106. The molecule has 0 fully saturated rings. The predicted octanol–water partition coefficient (Wildman–Crippen LogP) is 4.00. The molecule has 0 spiro atoms. The Balaban J connectivity index is 1.68. The predicted molar refractivity (Wildman–Crippen MR) is 94.3 cm³/mol. The van der Waals surface area contributed by atoms with Crippen molar-refractivity contribution in [3.05, 3.63) is 77.2 Å². The quantitative estimate of drug-likeness (QED) is 0.711. The van der Waals surface area contributed by atoms with Crippen LogP contribution in [0.3, 0.4) is 0 Å². The fourth-order valence-electron chi connectivity index (χ4n) is 2.97. The number of benzene rings is 2. The van der Waals surface area contributed by atoms with Crippen molar-refractivity contribution in [2.24, 2.45) is 0 Å². The maximum atomic E-state index is 12.9. The molecule has 0 saturated carbocycles. The molecule has 0 bridgehead atoms. The minimum Gasteiger partial charge on any atom is -0.306 e. The molecule has 24 heavy (non-hydrogen) atoms. The van der Waals surface area contributed by atoms with E-state index >= 15 is 0 Å². The first kappa shape index (κ1) is 14.8. The maximum Gasteiger partial charge on any atom is 0.277 e. The molecule has 1 aliphatic heterocycles. The second-order valence-electron chi connectivity index (χ2n) is 5.63. The number of anilines is 1. The van der Waals surface area contributed by atoms with E-state index in [-0.39, 0.29) is 5.91 Å². The van der Waals surface area contributed by atoms with E-state index in [9.17, 15) is 4.79 Å². The molecule has 4 nitrogen and oxygen atoms in total. The lowest BCUT2D eigenvalue weighted by Crippen LogP contribution is -2.29. The lowest BCUT2D eigenvalue weighted by atomic mass is 10.1. The van der Waals surface area contributed by atoms with E-state index in [1.165, 1.54) is 11.9 Å². The molecule has 1 aliphatic rings. The fourth-order valence-corrected chi connectivity index (χ4v) is 3.16. The van der Waals surface area contributed by atoms with Crippen LogP contribution < -0.4 is 4.90 Å². The first-order chi connectivity index (χ1) is 11.7. The van der Waals surface area contributed by atoms with Crippen LogP contribution in [0.15, 0.2) is 60.9 Å². The number of hydrogen-bond donors (Lipinski definition) is 0. The highest BCUT2D eigenvalue weighted by atomic mass is 35.5. The first-order valence-corrected chi connectivity index (χ1v) is 8.08. The van der Waals surface area contributed by atoms with Gasteiger partial charge in [0.2, 0.25) is 0 Å². The van der Waals surface area contributed by atoms with Crippen LogP contribution >= 0.6 is 11.6 Å². The Bertz CT molecular complexity index is 926. The van der Waals surface area contributed by atoms with Gasteiger partial charge in [-0.1, -0.05) is 41.9 Å². The van der Waals surface area contributed by atoms with Crippen LogP contribution in [0.4, 0.5) is 5.69 Å². The largest absolute Gasteiger partial charge is 0.306 e. The van der Waals surface area contributed by atoms with Crippen molar-refractivity contribution < 1.29 is 4.79 Å². The number of para-hydroxylation sites is 1. The number of carbonyl (C=O) groups is 1. The molecule has 2 heterocycles. The smallest absolute Gasteiger partial charge is 0.277 e. The van der Waals surface area contributed by atoms with Gasteiger partial charge in [-0.25, -0.2) is 9.97 Å². The SMILES string of the molecule is O=C(c1cc(-c2cccc(Cl)c2)ncn1)N1CCc2ccccc21. The van der Waals surface area contributed by atoms with Gasteiger partial charge in [0, 0.05) is 22.8 Å². The Labute approximate surface area is 144 Å². The van der Waals surface area contributed by atoms with E-state index in [4.69, 9.17) is 11.6 Å². The van der Waals surface area contributed by atoms with Gasteiger partial charge in [0.25, 0.3) is 5.91 Å². The normalized spacial score (nSPS) is 13.0. The summed E-state index contributed by atoms with van der Waals surface area (Å²) in [7, 11) is 0. The molecule has 3 aromatic rings. The molecule has 2 aromatic carbocycles. The average molecular weight is 336 g/mol. The van der Waals surface area contributed by atoms with Crippen molar-refractivity contribution in [1.82, 2.24) is 9.97 Å². The van der Waals surface area contributed by atoms with Crippen molar-refractivity contribution >= 4 is 23.2 Å². The first-order valence-electron chi connectivity index (χ1n) is 7.70. The van der Waals surface area contributed by atoms with E-state index in [0.29, 0.717) is 23.0 Å². The van der Waals surface area contributed by atoms with Gasteiger partial charge in [0.1, 0.15) is 12.0 Å². The van der Waals surface area contributed by atoms with Gasteiger partial charge >= 0.3 is 0 Å². The summed E-state index contributed by atoms with van der Waals surface area (Å²) in [5.41, 5.74) is 4.08. The highest BCUT2D eigenvalue weighted by molar-refractivity contribution is 6.30. The van der Waals surface area contributed by atoms with Gasteiger partial charge < -0.3 is 4.90 Å². The van der Waals surface area contributed by atoms with E-state index in [1.54, 1.807) is 17.0 Å². The van der Waals surface area contributed by atoms with Gasteiger partial charge in [0.05, 0.1) is 5.69 Å². The van der Waals surface area contributed by atoms with Crippen LogP contribution in [0.5, 0.6) is 0 Å². The van der Waals surface area contributed by atoms with E-state index in [1.807, 2.05) is 36.4 Å². The molecule has 1 amide bonds. The summed E-state index contributed by atoms with van der Waals surface area (Å²) in [4.78, 5) is 23.1. The Hall–Kier alpha value is -2.72. The van der Waals surface area contributed by atoms with Gasteiger partial charge in [0.15, 0.2) is 0 Å². The average Bonchev–Trinajstić information content (AvgIpc) is 3.05. The van der Waals surface area contributed by atoms with E-state index in [0.717, 1.165) is 17.7 Å². The summed E-state index contributed by atoms with van der Waals surface area (Å²) in [5.74, 6) is -0.106. The zero-order valence-corrected chi connectivity index (χ0v) is 13.6. The highest BCUT2D eigenvalue weighted by Crippen LogP contribution is 2.29. The Kier molecular flexibility index (Phi) is 3.75. The zero-order valence-electron chi connectivity index (χ0n) is 12.8. The summed E-state index contributed by atoms with van der Waals surface area (Å²) < 4.78 is 0. The summed E-state index contributed by atoms with van der Waals surface area (Å²) in [6, 6.07) is 17.1. The fraction of sp³-hybridized carbons (Fsp3) is 0.105. The number of rotatable bonds is 2. The van der Waals surface area contributed by atoms with Crippen molar-refractivity contribution in [2.75, 3.05) is 11.4 Å².